The van der Waals surface area contributed by atoms with Crippen LogP contribution in [-0.2, 0) is 4.74 Å². The molecule has 0 heterocycles. The van der Waals surface area contributed by atoms with Crippen LogP contribution in [0.5, 0.6) is 5.75 Å². The molecule has 0 atom stereocenters. The summed E-state index contributed by atoms with van der Waals surface area (Å²) in [6.45, 7) is 5.48. The third-order valence-corrected chi connectivity index (χ3v) is 2.79. The zero-order valence-electron chi connectivity index (χ0n) is 12.4. The second kappa shape index (κ2) is 5.61. The molecule has 110 valence electrons. The molecule has 20 heavy (non-hydrogen) atoms. The summed E-state index contributed by atoms with van der Waals surface area (Å²) in [5.74, 6) is 0.613. The minimum atomic E-state index is -0.523. The van der Waals surface area contributed by atoms with Gasteiger partial charge >= 0.3 is 6.09 Å². The first-order valence-corrected chi connectivity index (χ1v) is 6.82. The third kappa shape index (κ3) is 4.33. The van der Waals surface area contributed by atoms with Gasteiger partial charge in [-0.1, -0.05) is 0 Å². The summed E-state index contributed by atoms with van der Waals surface area (Å²) in [6, 6.07) is 6.19. The number of benzene rings is 1. The van der Waals surface area contributed by atoms with Gasteiger partial charge in [0.25, 0.3) is 0 Å². The topological polar surface area (TPSA) is 59.6 Å². The average molecular weight is 278 g/mol. The standard InChI is InChI=1S/C15H22N2O3/c1-15(2,3)20-14(18)17-12-8-7-11(9-13(12)19-4)16-10-5-6-10/h7-10,16H,5-6H2,1-4H3,(H,17,18). The molecule has 1 aromatic rings. The van der Waals surface area contributed by atoms with E-state index in [9.17, 15) is 4.79 Å². The van der Waals surface area contributed by atoms with Gasteiger partial charge in [0, 0.05) is 17.8 Å². The highest BCUT2D eigenvalue weighted by Crippen LogP contribution is 2.31. The maximum absolute atomic E-state index is 11.8. The predicted molar refractivity (Wildman–Crippen MR) is 79.5 cm³/mol. The largest absolute Gasteiger partial charge is 0.494 e. The van der Waals surface area contributed by atoms with E-state index in [1.54, 1.807) is 7.11 Å². The van der Waals surface area contributed by atoms with Crippen LogP contribution in [0.15, 0.2) is 18.2 Å². The molecule has 5 heteroatoms. The first-order chi connectivity index (χ1) is 9.37. The molecule has 0 saturated heterocycles. The molecule has 1 saturated carbocycles. The maximum Gasteiger partial charge on any atom is 0.412 e. The monoisotopic (exact) mass is 278 g/mol. The lowest BCUT2D eigenvalue weighted by Gasteiger charge is -2.20. The Kier molecular flexibility index (Phi) is 4.06. The fourth-order valence-electron chi connectivity index (χ4n) is 1.76. The molecule has 5 nitrogen and oxygen atoms in total. The fourth-order valence-corrected chi connectivity index (χ4v) is 1.76. The summed E-state index contributed by atoms with van der Waals surface area (Å²) < 4.78 is 10.5. The maximum atomic E-state index is 11.8. The molecule has 0 bridgehead atoms. The first-order valence-electron chi connectivity index (χ1n) is 6.82. The van der Waals surface area contributed by atoms with E-state index < -0.39 is 11.7 Å². The minimum Gasteiger partial charge on any atom is -0.494 e. The van der Waals surface area contributed by atoms with Crippen molar-refractivity contribution in [2.45, 2.75) is 45.3 Å². The highest BCUT2D eigenvalue weighted by Gasteiger charge is 2.21. The summed E-state index contributed by atoms with van der Waals surface area (Å²) in [5, 5.41) is 6.09. The molecule has 1 amide bonds. The van der Waals surface area contributed by atoms with Gasteiger partial charge in [-0.05, 0) is 45.7 Å². The molecule has 1 aliphatic carbocycles. The fraction of sp³-hybridized carbons (Fsp3) is 0.533. The molecular weight excluding hydrogens is 256 g/mol. The molecule has 2 rings (SSSR count). The smallest absolute Gasteiger partial charge is 0.412 e. The highest BCUT2D eigenvalue weighted by molar-refractivity contribution is 5.87. The van der Waals surface area contributed by atoms with Gasteiger partial charge in [-0.15, -0.1) is 0 Å². The zero-order valence-corrected chi connectivity index (χ0v) is 12.4. The average Bonchev–Trinajstić information content (AvgIpc) is 3.12. The Morgan fingerprint density at radius 2 is 2.00 bits per heavy atom. The number of nitrogens with one attached hydrogen (secondary N) is 2. The van der Waals surface area contributed by atoms with E-state index in [0.29, 0.717) is 17.5 Å². The zero-order chi connectivity index (χ0) is 14.8. The van der Waals surface area contributed by atoms with Gasteiger partial charge < -0.3 is 14.8 Å². The number of anilines is 2. The molecule has 0 spiro atoms. The summed E-state index contributed by atoms with van der Waals surface area (Å²) in [5.41, 5.74) is 1.08. The number of amides is 1. The predicted octanol–water partition coefficient (Wildman–Crippen LogP) is 3.62. The Balaban J connectivity index is 2.04. The summed E-state index contributed by atoms with van der Waals surface area (Å²) in [4.78, 5) is 11.8. The molecule has 0 aromatic heterocycles. The molecule has 1 aromatic carbocycles. The second-order valence-electron chi connectivity index (χ2n) is 5.96. The van der Waals surface area contributed by atoms with Gasteiger partial charge in [0.2, 0.25) is 0 Å². The molecule has 1 fully saturated rings. The molecule has 1 aliphatic rings. The van der Waals surface area contributed by atoms with Crippen molar-refractivity contribution in [1.82, 2.24) is 0 Å². The van der Waals surface area contributed by atoms with Crippen molar-refractivity contribution >= 4 is 17.5 Å². The van der Waals surface area contributed by atoms with Crippen LogP contribution >= 0.6 is 0 Å². The SMILES string of the molecule is COc1cc(NC2CC2)ccc1NC(=O)OC(C)(C)C. The Labute approximate surface area is 119 Å². The van der Waals surface area contributed by atoms with Gasteiger partial charge in [0.05, 0.1) is 12.8 Å². The Bertz CT molecular complexity index is 490. The van der Waals surface area contributed by atoms with Crippen molar-refractivity contribution in [1.29, 1.82) is 0 Å². The Hall–Kier alpha value is -1.91. The van der Waals surface area contributed by atoms with E-state index in [1.165, 1.54) is 12.8 Å². The molecule has 0 aliphatic heterocycles. The van der Waals surface area contributed by atoms with Crippen LogP contribution in [0, 0.1) is 0 Å². The summed E-state index contributed by atoms with van der Waals surface area (Å²) in [6.07, 6.45) is 1.93. The van der Waals surface area contributed by atoms with Crippen LogP contribution in [0.3, 0.4) is 0 Å². The molecule has 2 N–H and O–H groups in total. The Morgan fingerprint density at radius 1 is 1.30 bits per heavy atom. The number of ether oxygens (including phenoxy) is 2. The van der Waals surface area contributed by atoms with Crippen molar-refractivity contribution in [3.63, 3.8) is 0 Å². The molecule has 0 radical (unpaired) electrons. The summed E-state index contributed by atoms with van der Waals surface area (Å²) >= 11 is 0. The van der Waals surface area contributed by atoms with E-state index in [0.717, 1.165) is 5.69 Å². The van der Waals surface area contributed by atoms with Crippen molar-refractivity contribution in [2.24, 2.45) is 0 Å². The third-order valence-electron chi connectivity index (χ3n) is 2.79. The van der Waals surface area contributed by atoms with Crippen LogP contribution in [-0.4, -0.2) is 24.8 Å². The van der Waals surface area contributed by atoms with Gasteiger partial charge in [-0.2, -0.15) is 0 Å². The van der Waals surface area contributed by atoms with Crippen LogP contribution in [0.4, 0.5) is 16.2 Å². The number of methoxy groups -OCH3 is 1. The van der Waals surface area contributed by atoms with Gasteiger partial charge in [0.1, 0.15) is 11.4 Å². The van der Waals surface area contributed by atoms with Crippen molar-refractivity contribution in [3.05, 3.63) is 18.2 Å². The first kappa shape index (κ1) is 14.5. The van der Waals surface area contributed by atoms with Crippen molar-refractivity contribution in [2.75, 3.05) is 17.7 Å². The number of rotatable bonds is 4. The molecule has 0 unspecified atom stereocenters. The molecular formula is C15H22N2O3. The second-order valence-corrected chi connectivity index (χ2v) is 5.96. The minimum absolute atomic E-state index is 0.487. The number of carbonyl (C=O) groups is 1. The lowest BCUT2D eigenvalue weighted by molar-refractivity contribution is 0.0635. The van der Waals surface area contributed by atoms with E-state index >= 15 is 0 Å². The van der Waals surface area contributed by atoms with E-state index in [1.807, 2.05) is 39.0 Å². The van der Waals surface area contributed by atoms with Crippen molar-refractivity contribution in [3.8, 4) is 5.75 Å². The van der Waals surface area contributed by atoms with Gasteiger partial charge in [0.15, 0.2) is 0 Å². The van der Waals surface area contributed by atoms with Crippen LogP contribution in [0.2, 0.25) is 0 Å². The van der Waals surface area contributed by atoms with Crippen LogP contribution < -0.4 is 15.4 Å². The lowest BCUT2D eigenvalue weighted by atomic mass is 10.2. The number of carbonyl (C=O) groups excluding carboxylic acids is 1. The normalized spacial score (nSPS) is 14.6. The van der Waals surface area contributed by atoms with Crippen molar-refractivity contribution < 1.29 is 14.3 Å². The summed E-state index contributed by atoms with van der Waals surface area (Å²) in [7, 11) is 1.58. The van der Waals surface area contributed by atoms with Crippen LogP contribution in [0.25, 0.3) is 0 Å². The quantitative estimate of drug-likeness (QED) is 0.883. The van der Waals surface area contributed by atoms with Crippen LogP contribution in [0.1, 0.15) is 33.6 Å². The van der Waals surface area contributed by atoms with Gasteiger partial charge in [-0.25, -0.2) is 4.79 Å². The number of hydrogen-bond donors (Lipinski definition) is 2. The Morgan fingerprint density at radius 3 is 2.55 bits per heavy atom. The van der Waals surface area contributed by atoms with E-state index in [4.69, 9.17) is 9.47 Å². The number of hydrogen-bond acceptors (Lipinski definition) is 4. The van der Waals surface area contributed by atoms with E-state index in [-0.39, 0.29) is 0 Å². The lowest BCUT2D eigenvalue weighted by Crippen LogP contribution is -2.27. The van der Waals surface area contributed by atoms with E-state index in [2.05, 4.69) is 10.6 Å². The van der Waals surface area contributed by atoms with Gasteiger partial charge in [-0.3, -0.25) is 5.32 Å². The highest BCUT2D eigenvalue weighted by atomic mass is 16.6.